The van der Waals surface area contributed by atoms with Gasteiger partial charge in [0, 0.05) is 25.4 Å². The number of aliphatic hydroxyl groups is 1. The summed E-state index contributed by atoms with van der Waals surface area (Å²) < 4.78 is 6.30. The zero-order valence-corrected chi connectivity index (χ0v) is 22.5. The van der Waals surface area contributed by atoms with Crippen molar-refractivity contribution in [2.45, 2.75) is 123 Å². The Hall–Kier alpha value is -0.980. The maximum Gasteiger partial charge on any atom is 0.132 e. The molecule has 0 fully saturated rings. The van der Waals surface area contributed by atoms with Crippen LogP contribution in [0.15, 0.2) is 0 Å². The minimum Gasteiger partial charge on any atom is -0.550 e. The molecule has 198 valence electrons. The van der Waals surface area contributed by atoms with Gasteiger partial charge in [-0.3, -0.25) is 4.79 Å². The molecule has 0 aliphatic carbocycles. The number of ether oxygens (including phenoxy) is 1. The number of quaternary nitrogens is 1. The maximum atomic E-state index is 12.1. The number of hydrogen-bond acceptors (Lipinski definition) is 5. The highest BCUT2D eigenvalue weighted by Gasteiger charge is 2.20. The highest BCUT2D eigenvalue weighted by Crippen LogP contribution is 2.12. The second-order valence-corrected chi connectivity index (χ2v) is 9.99. The molecule has 0 saturated carbocycles. The average molecular weight is 474 g/mol. The van der Waals surface area contributed by atoms with Crippen molar-refractivity contribution in [2.24, 2.45) is 0 Å². The summed E-state index contributed by atoms with van der Waals surface area (Å²) in [6.45, 7) is 8.24. The van der Waals surface area contributed by atoms with Crippen LogP contribution in [0.25, 0.3) is 0 Å². The smallest absolute Gasteiger partial charge is 0.132 e. The van der Waals surface area contributed by atoms with Gasteiger partial charge >= 0.3 is 0 Å². The van der Waals surface area contributed by atoms with Gasteiger partial charge in [0.05, 0.1) is 27.2 Å². The zero-order valence-electron chi connectivity index (χ0n) is 22.5. The van der Waals surface area contributed by atoms with Crippen LogP contribution in [-0.2, 0) is 14.3 Å². The number of ketones is 1. The van der Waals surface area contributed by atoms with Gasteiger partial charge in [0.25, 0.3) is 0 Å². The number of carboxylic acid groups (broad SMARTS) is 1. The number of aliphatic hydroxyl groups excluding tert-OH is 1. The fourth-order valence-corrected chi connectivity index (χ4v) is 3.80. The number of unbranched alkanes of at least 4 members (excludes halogenated alkanes) is 10. The van der Waals surface area contributed by atoms with E-state index in [4.69, 9.17) is 14.6 Å². The normalized spacial score (nSPS) is 12.2. The summed E-state index contributed by atoms with van der Waals surface area (Å²) in [5.74, 6) is -0.650. The molecule has 0 radical (unpaired) electrons. The van der Waals surface area contributed by atoms with Crippen molar-refractivity contribution in [2.75, 3.05) is 40.4 Å². The zero-order chi connectivity index (χ0) is 25.4. The Kier molecular flexibility index (Phi) is 25.0. The van der Waals surface area contributed by atoms with Gasteiger partial charge in [-0.1, -0.05) is 71.6 Å². The van der Waals surface area contributed by atoms with Crippen LogP contribution in [-0.4, -0.2) is 67.8 Å². The Labute approximate surface area is 204 Å². The van der Waals surface area contributed by atoms with Crippen molar-refractivity contribution >= 4 is 11.8 Å². The number of carbonyl (C=O) groups is 2. The number of carboxylic acids is 1. The third kappa shape index (κ3) is 31.0. The molecule has 0 spiro atoms. The molecular weight excluding hydrogens is 418 g/mol. The first-order valence-electron chi connectivity index (χ1n) is 13.4. The monoisotopic (exact) mass is 473 g/mol. The van der Waals surface area contributed by atoms with Crippen LogP contribution < -0.4 is 5.11 Å². The van der Waals surface area contributed by atoms with E-state index in [2.05, 4.69) is 27.9 Å². The molecule has 0 rings (SSSR count). The van der Waals surface area contributed by atoms with Gasteiger partial charge in [-0.2, -0.15) is 0 Å². The van der Waals surface area contributed by atoms with Crippen molar-refractivity contribution < 1.29 is 29.0 Å². The molecule has 1 N–H and O–H groups in total. The maximum absolute atomic E-state index is 12.1. The fourth-order valence-electron chi connectivity index (χ4n) is 3.80. The topological polar surface area (TPSA) is 86.7 Å². The Balaban J connectivity index is 0. The van der Waals surface area contributed by atoms with Crippen LogP contribution in [0.3, 0.4) is 0 Å². The lowest BCUT2D eigenvalue weighted by atomic mass is 10.0. The molecule has 0 heterocycles. The van der Waals surface area contributed by atoms with E-state index in [0.717, 1.165) is 69.5 Å². The van der Waals surface area contributed by atoms with Gasteiger partial charge in [-0.05, 0) is 32.6 Å². The largest absolute Gasteiger partial charge is 0.550 e. The molecule has 0 aromatic rings. The molecular formula is C27H55NO5. The lowest BCUT2D eigenvalue weighted by Crippen LogP contribution is -2.47. The second kappa shape index (κ2) is 24.2. The molecule has 0 bridgehead atoms. The summed E-state index contributed by atoms with van der Waals surface area (Å²) in [6, 6.07) is 0. The van der Waals surface area contributed by atoms with Crippen molar-refractivity contribution in [3.05, 3.63) is 0 Å². The van der Waals surface area contributed by atoms with E-state index in [9.17, 15) is 9.90 Å². The number of hydrogen-bond donors (Lipinski definition) is 1. The molecule has 0 amide bonds. The van der Waals surface area contributed by atoms with E-state index < -0.39 is 12.1 Å². The van der Waals surface area contributed by atoms with Crippen LogP contribution in [0, 0.1) is 0 Å². The molecule has 1 unspecified atom stereocenters. The highest BCUT2D eigenvalue weighted by atomic mass is 16.5. The lowest BCUT2D eigenvalue weighted by Gasteiger charge is -2.31. The Bertz CT molecular complexity index is 450. The van der Waals surface area contributed by atoms with Gasteiger partial charge in [0.1, 0.15) is 18.4 Å². The molecule has 0 aromatic heterocycles. The van der Waals surface area contributed by atoms with E-state index in [0.29, 0.717) is 18.9 Å². The predicted molar refractivity (Wildman–Crippen MR) is 135 cm³/mol. The van der Waals surface area contributed by atoms with Crippen LogP contribution in [0.1, 0.15) is 117 Å². The lowest BCUT2D eigenvalue weighted by molar-refractivity contribution is -0.893. The van der Waals surface area contributed by atoms with E-state index in [1.807, 2.05) is 0 Å². The number of Topliss-reactive ketones (excluding diaryl/α,β-unsaturated/α-hetero) is 1. The van der Waals surface area contributed by atoms with Crippen molar-refractivity contribution in [3.63, 3.8) is 0 Å². The van der Waals surface area contributed by atoms with Crippen LogP contribution >= 0.6 is 0 Å². The Morgan fingerprint density at radius 3 is 1.79 bits per heavy atom. The number of carbonyl (C=O) groups excluding carboxylic acids is 2. The predicted octanol–water partition coefficient (Wildman–Crippen LogP) is 4.66. The standard InChI is InChI=1S/C25H52NO3.C2H4O2/c1-5-7-9-10-11-12-13-14-15-18-24(27)19-16-17-20-26(3,4)22-25(28)23-29-21-8-6-2;1-2(3)4/h25,28H,5-23H2,1-4H3;1H3,(H,3,4)/q+1;/p-1. The number of rotatable bonds is 22. The first-order valence-corrected chi connectivity index (χ1v) is 13.4. The minimum absolute atomic E-state index is 0.407. The van der Waals surface area contributed by atoms with Gasteiger partial charge in [0.15, 0.2) is 0 Å². The summed E-state index contributed by atoms with van der Waals surface area (Å²) in [4.78, 5) is 21.0. The summed E-state index contributed by atoms with van der Waals surface area (Å²) in [5.41, 5.74) is 0. The Morgan fingerprint density at radius 1 is 0.818 bits per heavy atom. The minimum atomic E-state index is -1.08. The summed E-state index contributed by atoms with van der Waals surface area (Å²) in [6.07, 6.45) is 17.0. The molecule has 6 heteroatoms. The quantitative estimate of drug-likeness (QED) is 0.183. The molecule has 1 atom stereocenters. The fraction of sp³-hybridized carbons (Fsp3) is 0.926. The number of aliphatic carboxylic acids is 1. The first kappa shape index (κ1) is 34.2. The van der Waals surface area contributed by atoms with Crippen LogP contribution in [0.5, 0.6) is 0 Å². The number of likely N-dealkylation sites (N-methyl/N-ethyl adjacent to an activating group) is 1. The highest BCUT2D eigenvalue weighted by molar-refractivity contribution is 5.78. The third-order valence-electron chi connectivity index (χ3n) is 5.69. The van der Waals surface area contributed by atoms with Crippen molar-refractivity contribution in [1.29, 1.82) is 0 Å². The van der Waals surface area contributed by atoms with Gasteiger partial charge in [-0.25, -0.2) is 0 Å². The summed E-state index contributed by atoms with van der Waals surface area (Å²) >= 11 is 0. The molecule has 33 heavy (non-hydrogen) atoms. The van der Waals surface area contributed by atoms with E-state index in [1.54, 1.807) is 0 Å². The SMILES string of the molecule is CC(=O)[O-].CCCCCCCCCCCC(=O)CCCC[N+](C)(C)CC(O)COCCCC. The Morgan fingerprint density at radius 2 is 1.27 bits per heavy atom. The van der Waals surface area contributed by atoms with E-state index >= 15 is 0 Å². The average Bonchev–Trinajstić information content (AvgIpc) is 2.72. The van der Waals surface area contributed by atoms with E-state index in [1.165, 1.54) is 51.4 Å². The van der Waals surface area contributed by atoms with Crippen molar-refractivity contribution in [3.8, 4) is 0 Å². The van der Waals surface area contributed by atoms with Crippen LogP contribution in [0.2, 0.25) is 0 Å². The molecule has 6 nitrogen and oxygen atoms in total. The molecule has 0 aromatic carbocycles. The van der Waals surface area contributed by atoms with Crippen LogP contribution in [0.4, 0.5) is 0 Å². The van der Waals surface area contributed by atoms with E-state index in [-0.39, 0.29) is 0 Å². The first-order chi connectivity index (χ1) is 15.6. The molecule has 0 aliphatic heterocycles. The summed E-state index contributed by atoms with van der Waals surface area (Å²) in [5, 5.41) is 19.0. The van der Waals surface area contributed by atoms with Crippen molar-refractivity contribution in [1.82, 2.24) is 0 Å². The molecule has 0 aliphatic rings. The summed E-state index contributed by atoms with van der Waals surface area (Å²) in [7, 11) is 4.30. The van der Waals surface area contributed by atoms with Gasteiger partial charge in [-0.15, -0.1) is 0 Å². The van der Waals surface area contributed by atoms with Gasteiger partial charge < -0.3 is 24.2 Å². The second-order valence-electron chi connectivity index (χ2n) is 9.99. The third-order valence-corrected chi connectivity index (χ3v) is 5.69. The van der Waals surface area contributed by atoms with Gasteiger partial charge in [0.2, 0.25) is 0 Å². The molecule has 0 saturated heterocycles. The number of nitrogens with zero attached hydrogens (tertiary/aromatic N) is 1.